The van der Waals surface area contributed by atoms with Crippen LogP contribution in [0.25, 0.3) is 5.52 Å². The summed E-state index contributed by atoms with van der Waals surface area (Å²) in [5, 5.41) is 11.7. The van der Waals surface area contributed by atoms with Gasteiger partial charge in [0.15, 0.2) is 5.82 Å². The number of piperidine rings is 1. The minimum absolute atomic E-state index is 0.0436. The van der Waals surface area contributed by atoms with E-state index in [0.29, 0.717) is 0 Å². The number of anilines is 1. The van der Waals surface area contributed by atoms with Crippen LogP contribution >= 0.6 is 0 Å². The Morgan fingerprint density at radius 2 is 2.00 bits per heavy atom. The van der Waals surface area contributed by atoms with Crippen LogP contribution < -0.4 is 10.6 Å². The zero-order valence-corrected chi connectivity index (χ0v) is 13.4. The lowest BCUT2D eigenvalue weighted by Crippen LogP contribution is -2.45. The van der Waals surface area contributed by atoms with Gasteiger partial charge in [0.25, 0.3) is 0 Å². The number of nitrogens with zero attached hydrogens (tertiary/aromatic N) is 3. The van der Waals surface area contributed by atoms with Gasteiger partial charge < -0.3 is 10.6 Å². The summed E-state index contributed by atoms with van der Waals surface area (Å²) in [6.07, 6.45) is 5.95. The lowest BCUT2D eigenvalue weighted by molar-refractivity contribution is 0.364. The maximum atomic E-state index is 4.68. The quantitative estimate of drug-likeness (QED) is 0.891. The summed E-state index contributed by atoms with van der Waals surface area (Å²) >= 11 is 0. The van der Waals surface area contributed by atoms with Crippen molar-refractivity contribution in [3.05, 3.63) is 24.2 Å². The Hall–Kier alpha value is -1.62. The lowest BCUT2D eigenvalue weighted by Gasteiger charge is -2.35. The van der Waals surface area contributed by atoms with Gasteiger partial charge in [0.2, 0.25) is 0 Å². The van der Waals surface area contributed by atoms with Crippen LogP contribution in [-0.4, -0.2) is 33.2 Å². The van der Waals surface area contributed by atoms with E-state index in [4.69, 9.17) is 0 Å². The van der Waals surface area contributed by atoms with E-state index < -0.39 is 0 Å². The largest absolute Gasteiger partial charge is 0.363 e. The molecule has 2 N–H and O–H groups in total. The summed E-state index contributed by atoms with van der Waals surface area (Å²) < 4.78 is 1.93. The summed E-state index contributed by atoms with van der Waals surface area (Å²) in [4.78, 5) is 4.55. The standard InChI is InChI=1S/C16H25N5/c1-15(2,3)13-11-12-14(18-9-10-21(12)20-13)19-16(4)5-7-17-8-6-16/h9-11,17H,5-8H2,1-4H3,(H,18,19). The lowest BCUT2D eigenvalue weighted by atomic mass is 9.90. The van der Waals surface area contributed by atoms with E-state index in [2.05, 4.69) is 54.5 Å². The molecule has 5 nitrogen and oxygen atoms in total. The molecule has 0 aliphatic carbocycles. The highest BCUT2D eigenvalue weighted by atomic mass is 15.2. The molecule has 1 fully saturated rings. The molecule has 1 aliphatic heterocycles. The van der Waals surface area contributed by atoms with E-state index in [1.807, 2.05) is 16.9 Å². The summed E-state index contributed by atoms with van der Waals surface area (Å²) in [6, 6.07) is 2.15. The predicted molar refractivity (Wildman–Crippen MR) is 85.8 cm³/mol. The van der Waals surface area contributed by atoms with Gasteiger partial charge in [-0.15, -0.1) is 0 Å². The van der Waals surface area contributed by atoms with Crippen molar-refractivity contribution in [2.24, 2.45) is 0 Å². The van der Waals surface area contributed by atoms with E-state index in [-0.39, 0.29) is 11.0 Å². The maximum Gasteiger partial charge on any atom is 0.152 e. The van der Waals surface area contributed by atoms with Crippen molar-refractivity contribution >= 4 is 11.3 Å². The average molecular weight is 287 g/mol. The highest BCUT2D eigenvalue weighted by Gasteiger charge is 2.28. The molecule has 0 aromatic carbocycles. The Balaban J connectivity index is 1.97. The number of hydrogen-bond acceptors (Lipinski definition) is 4. The Labute approximate surface area is 126 Å². The zero-order chi connectivity index (χ0) is 15.1. The van der Waals surface area contributed by atoms with E-state index >= 15 is 0 Å². The van der Waals surface area contributed by atoms with E-state index in [1.54, 1.807) is 0 Å². The van der Waals surface area contributed by atoms with Crippen molar-refractivity contribution in [2.75, 3.05) is 18.4 Å². The summed E-state index contributed by atoms with van der Waals surface area (Å²) in [5.74, 6) is 0.935. The molecule has 0 radical (unpaired) electrons. The summed E-state index contributed by atoms with van der Waals surface area (Å²) in [6.45, 7) is 10.9. The van der Waals surface area contributed by atoms with E-state index in [1.165, 1.54) is 0 Å². The van der Waals surface area contributed by atoms with Gasteiger partial charge >= 0.3 is 0 Å². The molecule has 3 heterocycles. The fraction of sp³-hybridized carbons (Fsp3) is 0.625. The average Bonchev–Trinajstić information content (AvgIpc) is 2.84. The minimum Gasteiger partial charge on any atom is -0.363 e. The van der Waals surface area contributed by atoms with Gasteiger partial charge in [-0.05, 0) is 38.9 Å². The number of hydrogen-bond donors (Lipinski definition) is 2. The second kappa shape index (κ2) is 4.98. The highest BCUT2D eigenvalue weighted by molar-refractivity contribution is 5.69. The number of fused-ring (bicyclic) bond motifs is 1. The Morgan fingerprint density at radius 1 is 1.29 bits per heavy atom. The number of rotatable bonds is 2. The molecular weight excluding hydrogens is 262 g/mol. The van der Waals surface area contributed by atoms with Crippen molar-refractivity contribution in [1.82, 2.24) is 19.9 Å². The Kier molecular flexibility index (Phi) is 3.40. The van der Waals surface area contributed by atoms with Gasteiger partial charge in [-0.1, -0.05) is 20.8 Å². The van der Waals surface area contributed by atoms with Crippen LogP contribution in [0.4, 0.5) is 5.82 Å². The smallest absolute Gasteiger partial charge is 0.152 e. The third-order valence-corrected chi connectivity index (χ3v) is 4.29. The molecule has 0 amide bonds. The second-order valence-corrected chi connectivity index (χ2v) is 7.32. The van der Waals surface area contributed by atoms with Gasteiger partial charge in [0.1, 0.15) is 5.52 Å². The number of nitrogens with one attached hydrogen (secondary N) is 2. The zero-order valence-electron chi connectivity index (χ0n) is 13.4. The first kappa shape index (κ1) is 14.3. The van der Waals surface area contributed by atoms with E-state index in [0.717, 1.165) is 43.0 Å². The molecule has 114 valence electrons. The highest BCUT2D eigenvalue weighted by Crippen LogP contribution is 2.28. The van der Waals surface area contributed by atoms with Gasteiger partial charge in [-0.25, -0.2) is 9.50 Å². The molecule has 5 heteroatoms. The molecular formula is C16H25N5. The molecule has 0 atom stereocenters. The van der Waals surface area contributed by atoms with Gasteiger partial charge in [0, 0.05) is 23.3 Å². The monoisotopic (exact) mass is 287 g/mol. The Morgan fingerprint density at radius 3 is 2.67 bits per heavy atom. The van der Waals surface area contributed by atoms with E-state index in [9.17, 15) is 0 Å². The maximum absolute atomic E-state index is 4.68. The number of aromatic nitrogens is 3. The first-order chi connectivity index (χ1) is 9.87. The van der Waals surface area contributed by atoms with Crippen molar-refractivity contribution in [1.29, 1.82) is 0 Å². The van der Waals surface area contributed by atoms with Crippen LogP contribution in [0.5, 0.6) is 0 Å². The second-order valence-electron chi connectivity index (χ2n) is 7.32. The van der Waals surface area contributed by atoms with Crippen molar-refractivity contribution in [2.45, 2.75) is 51.5 Å². The predicted octanol–water partition coefficient (Wildman–Crippen LogP) is 2.58. The molecule has 0 spiro atoms. The fourth-order valence-electron chi connectivity index (χ4n) is 2.77. The molecule has 1 saturated heterocycles. The van der Waals surface area contributed by atoms with Crippen LogP contribution in [0, 0.1) is 0 Å². The SMILES string of the molecule is CC1(Nc2nccn3nc(C(C)(C)C)cc23)CCNCC1. The van der Waals surface area contributed by atoms with Crippen molar-refractivity contribution in [3.8, 4) is 0 Å². The van der Waals surface area contributed by atoms with Crippen LogP contribution in [0.2, 0.25) is 0 Å². The van der Waals surface area contributed by atoms with Gasteiger partial charge in [0.05, 0.1) is 5.69 Å². The summed E-state index contributed by atoms with van der Waals surface area (Å²) in [7, 11) is 0. The molecule has 2 aromatic heterocycles. The van der Waals surface area contributed by atoms with Gasteiger partial charge in [-0.2, -0.15) is 5.10 Å². The van der Waals surface area contributed by atoms with Crippen LogP contribution in [-0.2, 0) is 5.41 Å². The first-order valence-electron chi connectivity index (χ1n) is 7.71. The minimum atomic E-state index is 0.0436. The molecule has 0 saturated carbocycles. The summed E-state index contributed by atoms with van der Waals surface area (Å²) in [5.41, 5.74) is 2.30. The van der Waals surface area contributed by atoms with Crippen LogP contribution in [0.15, 0.2) is 18.5 Å². The molecule has 0 bridgehead atoms. The third-order valence-electron chi connectivity index (χ3n) is 4.29. The fourth-order valence-corrected chi connectivity index (χ4v) is 2.77. The third kappa shape index (κ3) is 2.88. The normalized spacial score (nSPS) is 18.9. The van der Waals surface area contributed by atoms with Crippen molar-refractivity contribution in [3.63, 3.8) is 0 Å². The van der Waals surface area contributed by atoms with Crippen molar-refractivity contribution < 1.29 is 0 Å². The molecule has 1 aliphatic rings. The van der Waals surface area contributed by atoms with Crippen LogP contribution in [0.3, 0.4) is 0 Å². The Bertz CT molecular complexity index is 632. The molecule has 21 heavy (non-hydrogen) atoms. The molecule has 2 aromatic rings. The molecule has 0 unspecified atom stereocenters. The van der Waals surface area contributed by atoms with Gasteiger partial charge in [-0.3, -0.25) is 0 Å². The van der Waals surface area contributed by atoms with Crippen LogP contribution in [0.1, 0.15) is 46.2 Å². The molecule has 3 rings (SSSR count). The topological polar surface area (TPSA) is 54.2 Å². The first-order valence-corrected chi connectivity index (χ1v) is 7.71.